The summed E-state index contributed by atoms with van der Waals surface area (Å²) in [5, 5.41) is 4.49. The molecule has 19 heavy (non-hydrogen) atoms. The minimum Gasteiger partial charge on any atom is -0.376 e. The molecule has 0 bridgehead atoms. The zero-order valence-electron chi connectivity index (χ0n) is 11.4. The third kappa shape index (κ3) is 3.35. The van der Waals surface area contributed by atoms with Crippen LogP contribution < -0.4 is 11.3 Å². The van der Waals surface area contributed by atoms with Gasteiger partial charge in [0.15, 0.2) is 0 Å². The maximum absolute atomic E-state index is 5.71. The minimum absolute atomic E-state index is 0.0120. The molecular weight excluding hydrogens is 312 g/mol. The number of hydrogen-bond donors (Lipinski definition) is 2. The number of aromatic nitrogens is 2. The van der Waals surface area contributed by atoms with Crippen LogP contribution in [0.1, 0.15) is 18.3 Å². The highest BCUT2D eigenvalue weighted by Gasteiger charge is 2.27. The van der Waals surface area contributed by atoms with E-state index in [1.54, 1.807) is 0 Å². The molecule has 2 atom stereocenters. The topological polar surface area (TPSA) is 74.3 Å². The molecule has 1 saturated heterocycles. The van der Waals surface area contributed by atoms with Gasteiger partial charge in [0.1, 0.15) is 0 Å². The number of aryl methyl sites for hydroxylation is 2. The lowest BCUT2D eigenvalue weighted by atomic mass is 10.1. The number of ether oxygens (including phenoxy) is 2. The summed E-state index contributed by atoms with van der Waals surface area (Å²) in [4.78, 5) is 0. The maximum Gasteiger partial charge on any atom is 0.0979 e. The van der Waals surface area contributed by atoms with E-state index in [-0.39, 0.29) is 12.1 Å². The van der Waals surface area contributed by atoms with Crippen LogP contribution in [0.25, 0.3) is 0 Å². The Labute approximate surface area is 121 Å². The first kappa shape index (κ1) is 14.9. The quantitative estimate of drug-likeness (QED) is 0.615. The fraction of sp³-hybridized carbons (Fsp3) is 0.750. The molecule has 2 rings (SSSR count). The van der Waals surface area contributed by atoms with Crippen molar-refractivity contribution in [2.75, 3.05) is 19.8 Å². The molecule has 7 heteroatoms. The lowest BCUT2D eigenvalue weighted by Gasteiger charge is -2.30. The van der Waals surface area contributed by atoms with Crippen LogP contribution in [-0.4, -0.2) is 41.7 Å². The lowest BCUT2D eigenvalue weighted by molar-refractivity contribution is -0.101. The fourth-order valence-corrected chi connectivity index (χ4v) is 2.75. The van der Waals surface area contributed by atoms with Gasteiger partial charge in [0.2, 0.25) is 0 Å². The van der Waals surface area contributed by atoms with Crippen LogP contribution in [0.4, 0.5) is 0 Å². The highest BCUT2D eigenvalue weighted by atomic mass is 79.9. The van der Waals surface area contributed by atoms with E-state index in [0.717, 1.165) is 28.8 Å². The van der Waals surface area contributed by atoms with E-state index in [2.05, 4.69) is 33.4 Å². The Balaban J connectivity index is 2.13. The first-order chi connectivity index (χ1) is 9.17. The van der Waals surface area contributed by atoms with E-state index in [9.17, 15) is 0 Å². The summed E-state index contributed by atoms with van der Waals surface area (Å²) in [6, 6.07) is 0.0120. The van der Waals surface area contributed by atoms with Gasteiger partial charge < -0.3 is 9.47 Å². The number of nitrogens with one attached hydrogen (secondary N) is 1. The second-order valence-corrected chi connectivity index (χ2v) is 5.42. The molecule has 1 aliphatic heterocycles. The standard InChI is InChI=1S/C12H21BrN4O2/c1-3-17-10(12(13)8(2)16-17)6-9(15-14)11-7-18-4-5-19-11/h9,11,15H,3-7,14H2,1-2H3. The highest BCUT2D eigenvalue weighted by molar-refractivity contribution is 9.10. The summed E-state index contributed by atoms with van der Waals surface area (Å²) in [5.74, 6) is 5.67. The Morgan fingerprint density at radius 3 is 2.95 bits per heavy atom. The smallest absolute Gasteiger partial charge is 0.0979 e. The van der Waals surface area contributed by atoms with Crippen molar-refractivity contribution in [3.8, 4) is 0 Å². The van der Waals surface area contributed by atoms with E-state index in [4.69, 9.17) is 15.3 Å². The van der Waals surface area contributed by atoms with Crippen LogP contribution >= 0.6 is 15.9 Å². The number of nitrogens with two attached hydrogens (primary N) is 1. The van der Waals surface area contributed by atoms with Gasteiger partial charge in [-0.2, -0.15) is 5.10 Å². The molecule has 0 saturated carbocycles. The predicted molar refractivity (Wildman–Crippen MR) is 75.7 cm³/mol. The molecular formula is C12H21BrN4O2. The summed E-state index contributed by atoms with van der Waals surface area (Å²) >= 11 is 3.60. The van der Waals surface area contributed by atoms with E-state index < -0.39 is 0 Å². The van der Waals surface area contributed by atoms with Crippen molar-refractivity contribution in [1.82, 2.24) is 15.2 Å². The van der Waals surface area contributed by atoms with Gasteiger partial charge in [-0.1, -0.05) is 0 Å². The van der Waals surface area contributed by atoms with Gasteiger partial charge in [0.25, 0.3) is 0 Å². The highest BCUT2D eigenvalue weighted by Crippen LogP contribution is 2.23. The van der Waals surface area contributed by atoms with Gasteiger partial charge in [-0.25, -0.2) is 0 Å². The van der Waals surface area contributed by atoms with Crippen LogP contribution in [-0.2, 0) is 22.4 Å². The third-order valence-electron chi connectivity index (χ3n) is 3.37. The van der Waals surface area contributed by atoms with Crippen molar-refractivity contribution in [1.29, 1.82) is 0 Å². The van der Waals surface area contributed by atoms with Crippen LogP contribution in [0.5, 0.6) is 0 Å². The first-order valence-corrected chi connectivity index (χ1v) is 7.33. The van der Waals surface area contributed by atoms with E-state index in [1.165, 1.54) is 0 Å². The van der Waals surface area contributed by atoms with Gasteiger partial charge in [-0.3, -0.25) is 16.0 Å². The molecule has 0 spiro atoms. The molecule has 108 valence electrons. The van der Waals surface area contributed by atoms with Gasteiger partial charge in [0.05, 0.1) is 47.8 Å². The van der Waals surface area contributed by atoms with Crippen molar-refractivity contribution < 1.29 is 9.47 Å². The zero-order valence-corrected chi connectivity index (χ0v) is 12.9. The van der Waals surface area contributed by atoms with E-state index in [0.29, 0.717) is 19.8 Å². The largest absolute Gasteiger partial charge is 0.376 e. The average Bonchev–Trinajstić information content (AvgIpc) is 2.72. The molecule has 1 fully saturated rings. The average molecular weight is 333 g/mol. The SMILES string of the molecule is CCn1nc(C)c(Br)c1CC(NN)C1COCCO1. The van der Waals surface area contributed by atoms with Crippen LogP contribution in [0.2, 0.25) is 0 Å². The summed E-state index contributed by atoms with van der Waals surface area (Å²) in [6.07, 6.45) is 0.728. The maximum atomic E-state index is 5.71. The van der Waals surface area contributed by atoms with Gasteiger partial charge in [-0.05, 0) is 29.8 Å². The molecule has 6 nitrogen and oxygen atoms in total. The lowest BCUT2D eigenvalue weighted by Crippen LogP contribution is -2.50. The van der Waals surface area contributed by atoms with Crippen molar-refractivity contribution in [3.63, 3.8) is 0 Å². The van der Waals surface area contributed by atoms with Crippen molar-refractivity contribution in [3.05, 3.63) is 15.9 Å². The van der Waals surface area contributed by atoms with Crippen LogP contribution in [0, 0.1) is 6.92 Å². The molecule has 0 aromatic carbocycles. The Bertz CT molecular complexity index is 418. The molecule has 0 aliphatic carbocycles. The molecule has 1 aromatic heterocycles. The Morgan fingerprint density at radius 1 is 1.58 bits per heavy atom. The van der Waals surface area contributed by atoms with Crippen molar-refractivity contribution in [2.24, 2.45) is 5.84 Å². The van der Waals surface area contributed by atoms with Crippen molar-refractivity contribution in [2.45, 2.75) is 39.0 Å². The molecule has 0 radical (unpaired) electrons. The molecule has 2 heterocycles. The van der Waals surface area contributed by atoms with Gasteiger partial charge >= 0.3 is 0 Å². The minimum atomic E-state index is -0.0221. The molecule has 3 N–H and O–H groups in total. The number of halogens is 1. The summed E-state index contributed by atoms with van der Waals surface area (Å²) in [5.41, 5.74) is 4.97. The van der Waals surface area contributed by atoms with E-state index in [1.807, 2.05) is 11.6 Å². The second kappa shape index (κ2) is 6.81. The van der Waals surface area contributed by atoms with Gasteiger partial charge in [0, 0.05) is 13.0 Å². The van der Waals surface area contributed by atoms with E-state index >= 15 is 0 Å². The second-order valence-electron chi connectivity index (χ2n) is 4.62. The molecule has 0 amide bonds. The van der Waals surface area contributed by atoms with Crippen LogP contribution in [0.15, 0.2) is 4.47 Å². The fourth-order valence-electron chi connectivity index (χ4n) is 2.31. The number of rotatable bonds is 5. The summed E-state index contributed by atoms with van der Waals surface area (Å²) in [6.45, 7) is 6.75. The van der Waals surface area contributed by atoms with Crippen molar-refractivity contribution >= 4 is 15.9 Å². The first-order valence-electron chi connectivity index (χ1n) is 6.54. The number of hydrogen-bond acceptors (Lipinski definition) is 5. The summed E-state index contributed by atoms with van der Waals surface area (Å²) in [7, 11) is 0. The number of hydrazine groups is 1. The monoisotopic (exact) mass is 332 g/mol. The Morgan fingerprint density at radius 2 is 2.37 bits per heavy atom. The molecule has 1 aromatic rings. The summed E-state index contributed by atoms with van der Waals surface area (Å²) < 4.78 is 14.2. The van der Waals surface area contributed by atoms with Gasteiger partial charge in [-0.15, -0.1) is 0 Å². The normalized spacial score (nSPS) is 21.6. The third-order valence-corrected chi connectivity index (χ3v) is 4.40. The number of nitrogens with zero attached hydrogens (tertiary/aromatic N) is 2. The molecule has 2 unspecified atom stereocenters. The predicted octanol–water partition coefficient (Wildman–Crippen LogP) is 0.764. The Kier molecular flexibility index (Phi) is 5.35. The Hall–Kier alpha value is -0.470. The zero-order chi connectivity index (χ0) is 13.8. The van der Waals surface area contributed by atoms with Crippen LogP contribution in [0.3, 0.4) is 0 Å². The molecule has 1 aliphatic rings.